The van der Waals surface area contributed by atoms with Crippen LogP contribution in [0.1, 0.15) is 11.1 Å². The van der Waals surface area contributed by atoms with Crippen LogP contribution in [0.2, 0.25) is 0 Å². The molecule has 0 radical (unpaired) electrons. The van der Waals surface area contributed by atoms with Crippen LogP contribution in [-0.2, 0) is 0 Å². The van der Waals surface area contributed by atoms with Gasteiger partial charge < -0.3 is 5.73 Å². The Balaban J connectivity index is 2.34. The molecule has 2 N–H and O–H groups in total. The average Bonchev–Trinajstić information content (AvgIpc) is 2.58. The van der Waals surface area contributed by atoms with Gasteiger partial charge in [0, 0.05) is 21.2 Å². The molecule has 3 nitrogen and oxygen atoms in total. The molecular formula is C19H12BrF2N3. The number of halogens is 3. The molecule has 0 saturated carbocycles. The number of aromatic nitrogens is 1. The molecule has 6 heteroatoms. The number of rotatable bonds is 2. The molecule has 0 bridgehead atoms. The molecule has 124 valence electrons. The number of hydrogen-bond donors (Lipinski definition) is 1. The molecule has 0 aliphatic heterocycles. The largest absolute Gasteiger partial charge is 0.383 e. The monoisotopic (exact) mass is 399 g/mol. The number of nitrogen functional groups attached to an aromatic ring is 1. The Kier molecular flexibility index (Phi) is 4.51. The van der Waals surface area contributed by atoms with Gasteiger partial charge in [-0.05, 0) is 48.9 Å². The Bertz CT molecular complexity index is 1010. The van der Waals surface area contributed by atoms with Crippen molar-refractivity contribution in [1.82, 2.24) is 4.98 Å². The Labute approximate surface area is 151 Å². The van der Waals surface area contributed by atoms with Crippen molar-refractivity contribution in [3.05, 3.63) is 69.7 Å². The van der Waals surface area contributed by atoms with Crippen molar-refractivity contribution in [2.24, 2.45) is 0 Å². The maximum atomic E-state index is 14.5. The fourth-order valence-corrected chi connectivity index (χ4v) is 3.06. The van der Waals surface area contributed by atoms with Gasteiger partial charge in [-0.25, -0.2) is 13.8 Å². The maximum Gasteiger partial charge on any atom is 0.142 e. The summed E-state index contributed by atoms with van der Waals surface area (Å²) in [6.45, 7) is 1.74. The SMILES string of the molecule is Cc1c(-c2ccc(F)cc2)nc(N)c(C#N)c1-c1ccc(Br)cc1F. The van der Waals surface area contributed by atoms with Crippen molar-refractivity contribution in [1.29, 1.82) is 5.26 Å². The molecule has 0 atom stereocenters. The highest BCUT2D eigenvalue weighted by molar-refractivity contribution is 9.10. The predicted octanol–water partition coefficient (Wildman–Crippen LogP) is 5.22. The van der Waals surface area contributed by atoms with Crippen LogP contribution in [0.5, 0.6) is 0 Å². The summed E-state index contributed by atoms with van der Waals surface area (Å²) in [6.07, 6.45) is 0. The normalized spacial score (nSPS) is 10.5. The number of pyridine rings is 1. The molecule has 0 saturated heterocycles. The lowest BCUT2D eigenvalue weighted by atomic mass is 9.92. The second-order valence-corrected chi connectivity index (χ2v) is 6.38. The van der Waals surface area contributed by atoms with E-state index in [1.165, 1.54) is 18.2 Å². The molecule has 25 heavy (non-hydrogen) atoms. The summed E-state index contributed by atoms with van der Waals surface area (Å²) in [7, 11) is 0. The van der Waals surface area contributed by atoms with Gasteiger partial charge in [0.2, 0.25) is 0 Å². The zero-order chi connectivity index (χ0) is 18.1. The molecule has 0 aliphatic rings. The van der Waals surface area contributed by atoms with E-state index in [1.807, 2.05) is 6.07 Å². The van der Waals surface area contributed by atoms with Gasteiger partial charge in [-0.3, -0.25) is 0 Å². The van der Waals surface area contributed by atoms with Crippen LogP contribution in [0.15, 0.2) is 46.9 Å². The highest BCUT2D eigenvalue weighted by atomic mass is 79.9. The molecule has 0 fully saturated rings. The Morgan fingerprint density at radius 1 is 1.12 bits per heavy atom. The lowest BCUT2D eigenvalue weighted by molar-refractivity contribution is 0.628. The van der Waals surface area contributed by atoms with Gasteiger partial charge in [-0.2, -0.15) is 5.26 Å². The second kappa shape index (κ2) is 6.61. The summed E-state index contributed by atoms with van der Waals surface area (Å²) in [4.78, 5) is 4.28. The first-order valence-electron chi connectivity index (χ1n) is 7.34. The van der Waals surface area contributed by atoms with Crippen LogP contribution in [0.25, 0.3) is 22.4 Å². The maximum absolute atomic E-state index is 14.5. The third kappa shape index (κ3) is 3.11. The van der Waals surface area contributed by atoms with Gasteiger partial charge in [0.25, 0.3) is 0 Å². The summed E-state index contributed by atoms with van der Waals surface area (Å²) >= 11 is 3.22. The minimum atomic E-state index is -0.482. The summed E-state index contributed by atoms with van der Waals surface area (Å²) in [5, 5.41) is 9.48. The molecule has 2 aromatic carbocycles. The quantitative estimate of drug-likeness (QED) is 0.642. The lowest BCUT2D eigenvalue weighted by Gasteiger charge is -2.15. The summed E-state index contributed by atoms with van der Waals surface area (Å²) in [5.41, 5.74) is 8.42. The molecular weight excluding hydrogens is 388 g/mol. The standard InChI is InChI=1S/C19H12BrF2N3/c1-10-17(14-7-4-12(20)8-16(14)22)15(9-23)19(24)25-18(10)11-2-5-13(21)6-3-11/h2-8H,1H3,(H2,24,25). The van der Waals surface area contributed by atoms with Crippen molar-refractivity contribution in [2.45, 2.75) is 6.92 Å². The van der Waals surface area contributed by atoms with E-state index in [2.05, 4.69) is 20.9 Å². The van der Waals surface area contributed by atoms with Gasteiger partial charge in [-0.1, -0.05) is 22.0 Å². The molecule has 3 aromatic rings. The third-order valence-corrected chi connectivity index (χ3v) is 4.39. The molecule has 1 heterocycles. The fraction of sp³-hybridized carbons (Fsp3) is 0.0526. The van der Waals surface area contributed by atoms with Crippen LogP contribution >= 0.6 is 15.9 Å². The molecule has 1 aromatic heterocycles. The molecule has 0 aliphatic carbocycles. The fourth-order valence-electron chi connectivity index (χ4n) is 2.73. The van der Waals surface area contributed by atoms with Crippen LogP contribution in [0.4, 0.5) is 14.6 Å². The first-order valence-corrected chi connectivity index (χ1v) is 8.13. The van der Waals surface area contributed by atoms with Gasteiger partial charge in [0.15, 0.2) is 0 Å². The van der Waals surface area contributed by atoms with E-state index in [0.717, 1.165) is 0 Å². The second-order valence-electron chi connectivity index (χ2n) is 5.46. The topological polar surface area (TPSA) is 62.7 Å². The Morgan fingerprint density at radius 3 is 2.40 bits per heavy atom. The minimum absolute atomic E-state index is 0.00439. The smallest absolute Gasteiger partial charge is 0.142 e. The zero-order valence-electron chi connectivity index (χ0n) is 13.1. The van der Waals surface area contributed by atoms with Crippen molar-refractivity contribution < 1.29 is 8.78 Å². The van der Waals surface area contributed by atoms with Crippen molar-refractivity contribution >= 4 is 21.7 Å². The van der Waals surface area contributed by atoms with E-state index in [-0.39, 0.29) is 22.8 Å². The van der Waals surface area contributed by atoms with E-state index in [9.17, 15) is 14.0 Å². The van der Waals surface area contributed by atoms with Gasteiger partial charge in [-0.15, -0.1) is 0 Å². The summed E-state index contributed by atoms with van der Waals surface area (Å²) in [5.74, 6) is -0.850. The lowest BCUT2D eigenvalue weighted by Crippen LogP contribution is -2.04. The first kappa shape index (κ1) is 17.1. The van der Waals surface area contributed by atoms with E-state index in [0.29, 0.717) is 26.9 Å². The number of nitriles is 1. The van der Waals surface area contributed by atoms with Gasteiger partial charge in [0.05, 0.1) is 5.69 Å². The number of anilines is 1. The number of hydrogen-bond acceptors (Lipinski definition) is 3. The van der Waals surface area contributed by atoms with Crippen LogP contribution in [0, 0.1) is 29.9 Å². The minimum Gasteiger partial charge on any atom is -0.383 e. The first-order chi connectivity index (χ1) is 11.9. The van der Waals surface area contributed by atoms with Gasteiger partial charge in [0.1, 0.15) is 29.1 Å². The molecule has 0 amide bonds. The summed E-state index contributed by atoms with van der Waals surface area (Å²) in [6, 6.07) is 12.4. The number of nitrogens with two attached hydrogens (primary N) is 1. The Hall–Kier alpha value is -2.78. The van der Waals surface area contributed by atoms with Gasteiger partial charge >= 0.3 is 0 Å². The van der Waals surface area contributed by atoms with Crippen LogP contribution in [0.3, 0.4) is 0 Å². The van der Waals surface area contributed by atoms with Crippen molar-refractivity contribution in [3.63, 3.8) is 0 Å². The molecule has 3 rings (SSSR count). The molecule has 0 spiro atoms. The van der Waals surface area contributed by atoms with E-state index in [4.69, 9.17) is 5.73 Å². The van der Waals surface area contributed by atoms with Crippen LogP contribution < -0.4 is 5.73 Å². The predicted molar refractivity (Wildman–Crippen MR) is 96.6 cm³/mol. The average molecular weight is 400 g/mol. The Morgan fingerprint density at radius 2 is 1.80 bits per heavy atom. The van der Waals surface area contributed by atoms with Crippen molar-refractivity contribution in [2.75, 3.05) is 5.73 Å². The van der Waals surface area contributed by atoms with E-state index >= 15 is 0 Å². The van der Waals surface area contributed by atoms with E-state index in [1.54, 1.807) is 31.2 Å². The van der Waals surface area contributed by atoms with Crippen LogP contribution in [-0.4, -0.2) is 4.98 Å². The number of benzene rings is 2. The number of nitrogens with zero attached hydrogens (tertiary/aromatic N) is 2. The highest BCUT2D eigenvalue weighted by Gasteiger charge is 2.20. The molecule has 0 unspecified atom stereocenters. The third-order valence-electron chi connectivity index (χ3n) is 3.90. The zero-order valence-corrected chi connectivity index (χ0v) is 14.7. The summed E-state index contributed by atoms with van der Waals surface area (Å²) < 4.78 is 28.3. The van der Waals surface area contributed by atoms with E-state index < -0.39 is 5.82 Å². The highest BCUT2D eigenvalue weighted by Crippen LogP contribution is 2.37. The van der Waals surface area contributed by atoms with Crippen molar-refractivity contribution in [3.8, 4) is 28.5 Å².